The van der Waals surface area contributed by atoms with Crippen molar-refractivity contribution >= 4 is 17.9 Å². The SMILES string of the molecule is CCCCCCCC/C=C/C/C=C/CCC(=O)OCC(COCCC(C(=O)[O-])[N+](C)(C)C)OC(=O)CCCCCCCCCCCCCCCCC. The number of ether oxygens (including phenoxy) is 3. The molecule has 52 heavy (non-hydrogen) atoms. The van der Waals surface area contributed by atoms with E-state index in [-0.39, 0.29) is 49.1 Å². The molecule has 304 valence electrons. The lowest BCUT2D eigenvalue weighted by Gasteiger charge is -2.34. The summed E-state index contributed by atoms with van der Waals surface area (Å²) in [7, 11) is 5.39. The van der Waals surface area contributed by atoms with Gasteiger partial charge < -0.3 is 28.6 Å². The summed E-state index contributed by atoms with van der Waals surface area (Å²) in [6.45, 7) is 4.60. The zero-order valence-electron chi connectivity index (χ0n) is 34.5. The highest BCUT2D eigenvalue weighted by molar-refractivity contribution is 5.70. The second-order valence-corrected chi connectivity index (χ2v) is 15.6. The van der Waals surface area contributed by atoms with Crippen LogP contribution in [0.5, 0.6) is 0 Å². The van der Waals surface area contributed by atoms with E-state index in [0.29, 0.717) is 12.8 Å². The highest BCUT2D eigenvalue weighted by atomic mass is 16.6. The monoisotopic (exact) mass is 736 g/mol. The van der Waals surface area contributed by atoms with Crippen molar-refractivity contribution in [3.05, 3.63) is 24.3 Å². The Bertz CT molecular complexity index is 911. The van der Waals surface area contributed by atoms with Crippen LogP contribution in [-0.2, 0) is 28.6 Å². The molecule has 0 fully saturated rings. The summed E-state index contributed by atoms with van der Waals surface area (Å²) in [5.41, 5.74) is 0. The van der Waals surface area contributed by atoms with Gasteiger partial charge in [-0.2, -0.15) is 0 Å². The van der Waals surface area contributed by atoms with Crippen molar-refractivity contribution in [1.29, 1.82) is 0 Å². The molecule has 0 N–H and O–H groups in total. The highest BCUT2D eigenvalue weighted by Crippen LogP contribution is 2.15. The Balaban J connectivity index is 4.41. The van der Waals surface area contributed by atoms with Crippen molar-refractivity contribution in [2.75, 3.05) is 41.0 Å². The van der Waals surface area contributed by atoms with Gasteiger partial charge in [0.15, 0.2) is 6.10 Å². The van der Waals surface area contributed by atoms with Crippen LogP contribution in [0.3, 0.4) is 0 Å². The second kappa shape index (κ2) is 35.8. The van der Waals surface area contributed by atoms with Crippen LogP contribution >= 0.6 is 0 Å². The first-order valence-corrected chi connectivity index (χ1v) is 21.4. The fourth-order valence-electron chi connectivity index (χ4n) is 6.24. The summed E-state index contributed by atoms with van der Waals surface area (Å²) in [5, 5.41) is 11.6. The first-order chi connectivity index (χ1) is 25.1. The molecule has 0 radical (unpaired) electrons. The first kappa shape index (κ1) is 49.8. The third-order valence-electron chi connectivity index (χ3n) is 9.60. The number of unbranched alkanes of at least 4 members (excludes halogenated alkanes) is 20. The molecule has 0 aliphatic heterocycles. The molecule has 8 heteroatoms. The van der Waals surface area contributed by atoms with Crippen molar-refractivity contribution in [2.24, 2.45) is 0 Å². The molecule has 0 aromatic carbocycles. The van der Waals surface area contributed by atoms with Gasteiger partial charge in [0.1, 0.15) is 12.6 Å². The van der Waals surface area contributed by atoms with Gasteiger partial charge in [-0.15, -0.1) is 0 Å². The van der Waals surface area contributed by atoms with Gasteiger partial charge in [0.2, 0.25) is 0 Å². The molecule has 0 amide bonds. The normalized spacial score (nSPS) is 13.2. The Kier molecular flexibility index (Phi) is 34.3. The van der Waals surface area contributed by atoms with Crippen LogP contribution in [0.25, 0.3) is 0 Å². The molecule has 2 unspecified atom stereocenters. The molecule has 8 nitrogen and oxygen atoms in total. The molecule has 0 saturated carbocycles. The third kappa shape index (κ3) is 33.6. The lowest BCUT2D eigenvalue weighted by atomic mass is 10.0. The molecule has 0 aliphatic carbocycles. The molecular weight excluding hydrogens is 654 g/mol. The number of carbonyl (C=O) groups excluding carboxylic acids is 3. The van der Waals surface area contributed by atoms with Crippen LogP contribution in [-0.4, -0.2) is 75.5 Å². The number of allylic oxidation sites excluding steroid dienone is 4. The van der Waals surface area contributed by atoms with Crippen LogP contribution in [0, 0.1) is 0 Å². The van der Waals surface area contributed by atoms with Crippen molar-refractivity contribution in [2.45, 2.75) is 199 Å². The maximum Gasteiger partial charge on any atom is 0.306 e. The van der Waals surface area contributed by atoms with Crippen LogP contribution in [0.2, 0.25) is 0 Å². The molecule has 0 saturated heterocycles. The average Bonchev–Trinajstić information content (AvgIpc) is 3.09. The van der Waals surface area contributed by atoms with E-state index < -0.39 is 18.1 Å². The van der Waals surface area contributed by atoms with Crippen LogP contribution in [0.1, 0.15) is 187 Å². The topological polar surface area (TPSA) is 102 Å². The summed E-state index contributed by atoms with van der Waals surface area (Å²) >= 11 is 0. The minimum Gasteiger partial charge on any atom is -0.544 e. The molecule has 0 aromatic rings. The lowest BCUT2D eigenvalue weighted by molar-refractivity contribution is -0.889. The molecule has 0 aliphatic rings. The van der Waals surface area contributed by atoms with Gasteiger partial charge >= 0.3 is 11.9 Å². The number of esters is 2. The quantitative estimate of drug-likeness (QED) is 0.0269. The zero-order chi connectivity index (χ0) is 38.5. The number of hydrogen-bond acceptors (Lipinski definition) is 7. The third-order valence-corrected chi connectivity index (χ3v) is 9.60. The minimum absolute atomic E-state index is 0.0275. The van der Waals surface area contributed by atoms with Crippen molar-refractivity contribution in [3.63, 3.8) is 0 Å². The van der Waals surface area contributed by atoms with Gasteiger partial charge in [-0.25, -0.2) is 0 Å². The van der Waals surface area contributed by atoms with Crippen LogP contribution in [0.15, 0.2) is 24.3 Å². The smallest absolute Gasteiger partial charge is 0.306 e. The number of hydrogen-bond donors (Lipinski definition) is 0. The standard InChI is InChI=1S/C44H81NO7/c1-6-8-10-12-14-16-18-20-21-23-25-27-29-31-33-35-43(47)52-40(38-50-37-36-41(44(48)49)45(3,4)5)39-51-42(46)34-32-30-28-26-24-22-19-17-15-13-11-9-7-2/h22,24,28,30,40-41H,6-21,23,25-27,29,31-39H2,1-5H3/b24-22+,30-28+. The number of nitrogens with zero attached hydrogens (tertiary/aromatic N) is 1. The second-order valence-electron chi connectivity index (χ2n) is 15.6. The maximum absolute atomic E-state index is 12.7. The van der Waals surface area contributed by atoms with Gasteiger partial charge in [0, 0.05) is 19.3 Å². The predicted octanol–water partition coefficient (Wildman–Crippen LogP) is 9.97. The highest BCUT2D eigenvalue weighted by Gasteiger charge is 2.25. The van der Waals surface area contributed by atoms with Crippen molar-refractivity contribution in [1.82, 2.24) is 0 Å². The Morgan fingerprint density at radius 1 is 0.577 bits per heavy atom. The maximum atomic E-state index is 12.7. The number of likely N-dealkylation sites (N-methyl/N-ethyl adjacent to an activating group) is 1. The summed E-state index contributed by atoms with van der Waals surface area (Å²) in [5.74, 6) is -1.81. The number of carboxylic acids is 1. The fourth-order valence-corrected chi connectivity index (χ4v) is 6.24. The Labute approximate surface area is 320 Å². The summed E-state index contributed by atoms with van der Waals surface area (Å²) in [6, 6.07) is -0.729. The lowest BCUT2D eigenvalue weighted by Crippen LogP contribution is -2.55. The van der Waals surface area contributed by atoms with E-state index in [0.717, 1.165) is 32.1 Å². The summed E-state index contributed by atoms with van der Waals surface area (Å²) in [6.07, 6.45) is 37.8. The van der Waals surface area contributed by atoms with Crippen LogP contribution in [0.4, 0.5) is 0 Å². The Morgan fingerprint density at radius 2 is 1.06 bits per heavy atom. The Hall–Kier alpha value is -2.19. The number of rotatable bonds is 38. The van der Waals surface area contributed by atoms with Crippen LogP contribution < -0.4 is 5.11 Å². The molecule has 0 heterocycles. The number of carbonyl (C=O) groups is 3. The van der Waals surface area contributed by atoms with Gasteiger partial charge in [0.25, 0.3) is 0 Å². The zero-order valence-corrected chi connectivity index (χ0v) is 34.5. The first-order valence-electron chi connectivity index (χ1n) is 21.4. The fraction of sp³-hybridized carbons (Fsp3) is 0.841. The molecule has 0 bridgehead atoms. The molecule has 0 spiro atoms. The number of carboxylic acid groups (broad SMARTS) is 1. The van der Waals surface area contributed by atoms with Gasteiger partial charge in [-0.3, -0.25) is 9.59 Å². The minimum atomic E-state index is -1.13. The molecule has 2 atom stereocenters. The average molecular weight is 736 g/mol. The Morgan fingerprint density at radius 3 is 1.56 bits per heavy atom. The van der Waals surface area contributed by atoms with Gasteiger partial charge in [0.05, 0.1) is 40.3 Å². The summed E-state index contributed by atoms with van der Waals surface area (Å²) in [4.78, 5) is 36.7. The van der Waals surface area contributed by atoms with E-state index in [4.69, 9.17) is 14.2 Å². The largest absolute Gasteiger partial charge is 0.544 e. The number of aliphatic carboxylic acids is 1. The van der Waals surface area contributed by atoms with E-state index in [1.165, 1.54) is 116 Å². The predicted molar refractivity (Wildman–Crippen MR) is 213 cm³/mol. The van der Waals surface area contributed by atoms with Gasteiger partial charge in [-0.05, 0) is 32.1 Å². The van der Waals surface area contributed by atoms with E-state index in [9.17, 15) is 19.5 Å². The van der Waals surface area contributed by atoms with E-state index in [1.54, 1.807) is 21.1 Å². The summed E-state index contributed by atoms with van der Waals surface area (Å²) < 4.78 is 17.1. The molecule has 0 rings (SSSR count). The van der Waals surface area contributed by atoms with Crippen molar-refractivity contribution in [3.8, 4) is 0 Å². The van der Waals surface area contributed by atoms with Gasteiger partial charge in [-0.1, -0.05) is 160 Å². The van der Waals surface area contributed by atoms with E-state index in [2.05, 4.69) is 32.1 Å². The van der Waals surface area contributed by atoms with E-state index in [1.807, 2.05) is 6.08 Å². The number of quaternary nitrogens is 1. The molecule has 0 aromatic heterocycles. The van der Waals surface area contributed by atoms with E-state index >= 15 is 0 Å². The van der Waals surface area contributed by atoms with Crippen molar-refractivity contribution < 1.29 is 38.2 Å². The molecular formula is C44H81NO7.